The van der Waals surface area contributed by atoms with Gasteiger partial charge in [0.2, 0.25) is 0 Å². The summed E-state index contributed by atoms with van der Waals surface area (Å²) in [6, 6.07) is 7.17. The molecule has 0 spiro atoms. The number of hydrogen-bond acceptors (Lipinski definition) is 2. The molecule has 1 aromatic carbocycles. The van der Waals surface area contributed by atoms with Gasteiger partial charge in [-0.05, 0) is 62.2 Å². The lowest BCUT2D eigenvalue weighted by atomic mass is 9.85. The average molecular weight is 279 g/mol. The van der Waals surface area contributed by atoms with Crippen LogP contribution in [0.2, 0.25) is 0 Å². The summed E-state index contributed by atoms with van der Waals surface area (Å²) in [5.41, 5.74) is 0.850. The molecule has 2 nitrogen and oxygen atoms in total. The van der Waals surface area contributed by atoms with Gasteiger partial charge in [0.25, 0.3) is 0 Å². The molecule has 1 aliphatic rings. The van der Waals surface area contributed by atoms with Crippen molar-refractivity contribution in [2.75, 3.05) is 26.3 Å². The number of benzene rings is 1. The summed E-state index contributed by atoms with van der Waals surface area (Å²) in [5.74, 6) is 1.18. The van der Waals surface area contributed by atoms with Crippen LogP contribution in [0, 0.1) is 17.7 Å². The molecule has 0 amide bonds. The molecule has 3 heteroatoms. The van der Waals surface area contributed by atoms with Crippen molar-refractivity contribution in [2.45, 2.75) is 32.6 Å². The van der Waals surface area contributed by atoms with Crippen molar-refractivity contribution in [3.63, 3.8) is 0 Å². The van der Waals surface area contributed by atoms with Crippen molar-refractivity contribution in [1.29, 1.82) is 0 Å². The minimum Gasteiger partial charge on any atom is -0.381 e. The van der Waals surface area contributed by atoms with E-state index in [-0.39, 0.29) is 5.82 Å². The van der Waals surface area contributed by atoms with Gasteiger partial charge in [-0.3, -0.25) is 0 Å². The monoisotopic (exact) mass is 279 g/mol. The lowest BCUT2D eigenvalue weighted by Crippen LogP contribution is -2.28. The van der Waals surface area contributed by atoms with E-state index in [0.717, 1.165) is 57.0 Å². The van der Waals surface area contributed by atoms with E-state index in [1.54, 1.807) is 12.1 Å². The number of nitrogens with one attached hydrogen (secondary N) is 1. The fourth-order valence-corrected chi connectivity index (χ4v) is 3.02. The molecule has 112 valence electrons. The number of halogens is 1. The normalized spacial score (nSPS) is 18.1. The first-order valence-corrected chi connectivity index (χ1v) is 7.81. The summed E-state index contributed by atoms with van der Waals surface area (Å²) < 4.78 is 19.2. The first-order chi connectivity index (χ1) is 9.79. The SMILES string of the molecule is CCNCC(Cc1ccccc1F)CC1CCOCC1. The molecule has 1 atom stereocenters. The zero-order valence-corrected chi connectivity index (χ0v) is 12.4. The fourth-order valence-electron chi connectivity index (χ4n) is 3.02. The molecule has 0 saturated carbocycles. The lowest BCUT2D eigenvalue weighted by Gasteiger charge is -2.27. The Hall–Kier alpha value is -0.930. The van der Waals surface area contributed by atoms with E-state index in [9.17, 15) is 4.39 Å². The van der Waals surface area contributed by atoms with E-state index >= 15 is 0 Å². The Bertz CT molecular complexity index is 390. The minimum absolute atomic E-state index is 0.0685. The van der Waals surface area contributed by atoms with Crippen LogP contribution in [-0.4, -0.2) is 26.3 Å². The summed E-state index contributed by atoms with van der Waals surface area (Å²) in [6.45, 7) is 5.84. The predicted octanol–water partition coefficient (Wildman–Crippen LogP) is 3.41. The predicted molar refractivity (Wildman–Crippen MR) is 80.3 cm³/mol. The largest absolute Gasteiger partial charge is 0.381 e. The van der Waals surface area contributed by atoms with Gasteiger partial charge in [-0.2, -0.15) is 0 Å². The summed E-state index contributed by atoms with van der Waals surface area (Å²) in [4.78, 5) is 0. The van der Waals surface area contributed by atoms with Gasteiger partial charge >= 0.3 is 0 Å². The van der Waals surface area contributed by atoms with Crippen LogP contribution in [0.15, 0.2) is 24.3 Å². The molecule has 1 aromatic rings. The van der Waals surface area contributed by atoms with Crippen molar-refractivity contribution in [1.82, 2.24) is 5.32 Å². The Morgan fingerprint density at radius 2 is 2.05 bits per heavy atom. The third kappa shape index (κ3) is 4.88. The van der Waals surface area contributed by atoms with Gasteiger partial charge in [0.1, 0.15) is 5.82 Å². The van der Waals surface area contributed by atoms with Gasteiger partial charge in [-0.25, -0.2) is 4.39 Å². The summed E-state index contributed by atoms with van der Waals surface area (Å²) >= 11 is 0. The van der Waals surface area contributed by atoms with Gasteiger partial charge in [0, 0.05) is 13.2 Å². The smallest absolute Gasteiger partial charge is 0.126 e. The third-order valence-electron chi connectivity index (χ3n) is 4.16. The Kier molecular flexibility index (Phi) is 6.48. The Labute approximate surface area is 121 Å². The minimum atomic E-state index is -0.0685. The highest BCUT2D eigenvalue weighted by molar-refractivity contribution is 5.17. The molecule has 0 radical (unpaired) electrons. The fraction of sp³-hybridized carbons (Fsp3) is 0.647. The topological polar surface area (TPSA) is 21.3 Å². The van der Waals surface area contributed by atoms with Crippen LogP contribution in [0.5, 0.6) is 0 Å². The molecular weight excluding hydrogens is 253 g/mol. The van der Waals surface area contributed by atoms with Gasteiger partial charge in [0.15, 0.2) is 0 Å². The van der Waals surface area contributed by atoms with E-state index in [1.165, 1.54) is 6.42 Å². The lowest BCUT2D eigenvalue weighted by molar-refractivity contribution is 0.0585. The third-order valence-corrected chi connectivity index (χ3v) is 4.16. The molecule has 1 N–H and O–H groups in total. The van der Waals surface area contributed by atoms with Crippen LogP contribution >= 0.6 is 0 Å². The molecule has 0 bridgehead atoms. The molecule has 0 aromatic heterocycles. The Balaban J connectivity index is 1.93. The second-order valence-corrected chi connectivity index (χ2v) is 5.76. The highest BCUT2D eigenvalue weighted by atomic mass is 19.1. The van der Waals surface area contributed by atoms with Gasteiger partial charge < -0.3 is 10.1 Å². The van der Waals surface area contributed by atoms with Crippen LogP contribution < -0.4 is 5.32 Å². The maximum atomic E-state index is 13.8. The van der Waals surface area contributed by atoms with Crippen molar-refractivity contribution in [3.8, 4) is 0 Å². The van der Waals surface area contributed by atoms with E-state index in [1.807, 2.05) is 12.1 Å². The standard InChI is InChI=1S/C17H26FNO/c1-2-19-13-15(11-14-7-9-20-10-8-14)12-16-5-3-4-6-17(16)18/h3-6,14-15,19H,2,7-13H2,1H3. The highest BCUT2D eigenvalue weighted by Gasteiger charge is 2.20. The molecule has 1 heterocycles. The molecule has 1 unspecified atom stereocenters. The van der Waals surface area contributed by atoms with E-state index in [4.69, 9.17) is 4.74 Å². The van der Waals surface area contributed by atoms with Crippen molar-refractivity contribution >= 4 is 0 Å². The first-order valence-electron chi connectivity index (χ1n) is 7.81. The second kappa shape index (κ2) is 8.38. The average Bonchev–Trinajstić information content (AvgIpc) is 2.48. The summed E-state index contributed by atoms with van der Waals surface area (Å²) in [7, 11) is 0. The zero-order chi connectivity index (χ0) is 14.2. The maximum Gasteiger partial charge on any atom is 0.126 e. The van der Waals surface area contributed by atoms with Crippen LogP contribution in [-0.2, 0) is 11.2 Å². The summed E-state index contributed by atoms with van der Waals surface area (Å²) in [5, 5.41) is 3.42. The van der Waals surface area contributed by atoms with E-state index in [2.05, 4.69) is 12.2 Å². The van der Waals surface area contributed by atoms with Crippen molar-refractivity contribution < 1.29 is 9.13 Å². The van der Waals surface area contributed by atoms with Gasteiger partial charge in [-0.1, -0.05) is 25.1 Å². The van der Waals surface area contributed by atoms with Crippen LogP contribution in [0.4, 0.5) is 4.39 Å². The molecule has 1 aliphatic heterocycles. The highest BCUT2D eigenvalue weighted by Crippen LogP contribution is 2.25. The molecule has 1 fully saturated rings. The molecule has 2 rings (SSSR count). The second-order valence-electron chi connectivity index (χ2n) is 5.76. The van der Waals surface area contributed by atoms with Gasteiger partial charge in [-0.15, -0.1) is 0 Å². The molecule has 0 aliphatic carbocycles. The quantitative estimate of drug-likeness (QED) is 0.826. The summed E-state index contributed by atoms with van der Waals surface area (Å²) in [6.07, 6.45) is 4.31. The van der Waals surface area contributed by atoms with Crippen molar-refractivity contribution in [2.24, 2.45) is 11.8 Å². The van der Waals surface area contributed by atoms with Crippen LogP contribution in [0.25, 0.3) is 0 Å². The van der Waals surface area contributed by atoms with Crippen LogP contribution in [0.1, 0.15) is 31.7 Å². The number of hydrogen-bond donors (Lipinski definition) is 1. The first kappa shape index (κ1) is 15.5. The van der Waals surface area contributed by atoms with E-state index < -0.39 is 0 Å². The van der Waals surface area contributed by atoms with E-state index in [0.29, 0.717) is 5.92 Å². The maximum absolute atomic E-state index is 13.8. The van der Waals surface area contributed by atoms with Gasteiger partial charge in [0.05, 0.1) is 0 Å². The zero-order valence-electron chi connectivity index (χ0n) is 12.4. The molecule has 20 heavy (non-hydrogen) atoms. The Morgan fingerprint density at radius 1 is 1.30 bits per heavy atom. The number of ether oxygens (including phenoxy) is 1. The number of rotatable bonds is 7. The van der Waals surface area contributed by atoms with Crippen molar-refractivity contribution in [3.05, 3.63) is 35.6 Å². The van der Waals surface area contributed by atoms with Crippen LogP contribution in [0.3, 0.4) is 0 Å². The Morgan fingerprint density at radius 3 is 2.75 bits per heavy atom. The molecular formula is C17H26FNO. The molecule has 1 saturated heterocycles.